The average Bonchev–Trinajstić information content (AvgIpc) is 3.22. The monoisotopic (exact) mass is 313 g/mol. The van der Waals surface area contributed by atoms with Crippen LogP contribution in [0.5, 0.6) is 5.75 Å². The van der Waals surface area contributed by atoms with Gasteiger partial charge in [0.1, 0.15) is 17.3 Å². The maximum Gasteiger partial charge on any atom is 0.141 e. The molecule has 0 radical (unpaired) electrons. The molecule has 6 heteroatoms. The molecule has 0 aliphatic carbocycles. The smallest absolute Gasteiger partial charge is 0.141 e. The van der Waals surface area contributed by atoms with Crippen molar-refractivity contribution >= 4 is 22.9 Å². The van der Waals surface area contributed by atoms with Gasteiger partial charge < -0.3 is 15.0 Å². The first kappa shape index (κ1) is 14.3. The number of hydrogen-bond donors (Lipinski definition) is 1. The Morgan fingerprint density at radius 3 is 2.77 bits per heavy atom. The van der Waals surface area contributed by atoms with Gasteiger partial charge in [-0.3, -0.25) is 0 Å². The molecular formula is C16H15N3O2S. The van der Waals surface area contributed by atoms with E-state index in [-0.39, 0.29) is 0 Å². The predicted octanol–water partition coefficient (Wildman–Crippen LogP) is 3.39. The van der Waals surface area contributed by atoms with E-state index in [1.807, 2.05) is 47.8 Å². The number of nitrogens with zero attached hydrogens (tertiary/aromatic N) is 2. The van der Waals surface area contributed by atoms with Crippen LogP contribution in [0.2, 0.25) is 0 Å². The molecule has 22 heavy (non-hydrogen) atoms. The molecule has 0 fully saturated rings. The molecule has 3 aromatic rings. The summed E-state index contributed by atoms with van der Waals surface area (Å²) in [6.07, 6.45) is 2.31. The van der Waals surface area contributed by atoms with Crippen LogP contribution >= 0.6 is 11.3 Å². The van der Waals surface area contributed by atoms with Crippen molar-refractivity contribution in [1.82, 2.24) is 5.16 Å². The van der Waals surface area contributed by atoms with Gasteiger partial charge in [-0.2, -0.15) is 0 Å². The number of ether oxygens (including phenoxy) is 1. The van der Waals surface area contributed by atoms with Crippen molar-refractivity contribution in [2.24, 2.45) is 10.7 Å². The van der Waals surface area contributed by atoms with Crippen LogP contribution in [0.15, 0.2) is 63.6 Å². The molecule has 2 N–H and O–H groups in total. The molecule has 0 saturated carbocycles. The second kappa shape index (κ2) is 6.91. The SMILES string of the molecule is NC(=Nc1ccc(OCCc2ccno2)cc1)c1cccs1. The Morgan fingerprint density at radius 1 is 1.23 bits per heavy atom. The lowest BCUT2D eigenvalue weighted by atomic mass is 10.3. The number of amidine groups is 1. The van der Waals surface area contributed by atoms with Gasteiger partial charge in [0, 0.05) is 12.5 Å². The van der Waals surface area contributed by atoms with Gasteiger partial charge in [-0.15, -0.1) is 11.3 Å². The highest BCUT2D eigenvalue weighted by molar-refractivity contribution is 7.12. The molecular weight excluding hydrogens is 298 g/mol. The lowest BCUT2D eigenvalue weighted by molar-refractivity contribution is 0.296. The van der Waals surface area contributed by atoms with E-state index in [0.717, 1.165) is 22.1 Å². The summed E-state index contributed by atoms with van der Waals surface area (Å²) in [5.74, 6) is 2.12. The van der Waals surface area contributed by atoms with Gasteiger partial charge in [0.25, 0.3) is 0 Å². The van der Waals surface area contributed by atoms with E-state index in [4.69, 9.17) is 15.0 Å². The lowest BCUT2D eigenvalue weighted by Crippen LogP contribution is -2.10. The summed E-state index contributed by atoms with van der Waals surface area (Å²) in [6.45, 7) is 0.537. The third kappa shape index (κ3) is 3.73. The summed E-state index contributed by atoms with van der Waals surface area (Å²) in [7, 11) is 0. The molecule has 0 bridgehead atoms. The molecule has 0 saturated heterocycles. The van der Waals surface area contributed by atoms with Gasteiger partial charge in [0.15, 0.2) is 0 Å². The summed E-state index contributed by atoms with van der Waals surface area (Å²) >= 11 is 1.57. The first-order valence-corrected chi connectivity index (χ1v) is 7.70. The Balaban J connectivity index is 1.57. The second-order valence-electron chi connectivity index (χ2n) is 4.55. The van der Waals surface area contributed by atoms with Crippen LogP contribution in [-0.4, -0.2) is 17.6 Å². The number of benzene rings is 1. The van der Waals surface area contributed by atoms with E-state index in [2.05, 4.69) is 10.1 Å². The average molecular weight is 313 g/mol. The van der Waals surface area contributed by atoms with Crippen molar-refractivity contribution in [3.05, 3.63) is 64.7 Å². The van der Waals surface area contributed by atoms with Crippen molar-refractivity contribution in [1.29, 1.82) is 0 Å². The molecule has 2 heterocycles. The van der Waals surface area contributed by atoms with E-state index in [1.165, 1.54) is 0 Å². The zero-order valence-electron chi connectivity index (χ0n) is 11.8. The van der Waals surface area contributed by atoms with Crippen LogP contribution in [0.25, 0.3) is 0 Å². The highest BCUT2D eigenvalue weighted by Gasteiger charge is 2.01. The van der Waals surface area contributed by atoms with Gasteiger partial charge >= 0.3 is 0 Å². The molecule has 1 aromatic carbocycles. The van der Waals surface area contributed by atoms with Gasteiger partial charge in [-0.1, -0.05) is 11.2 Å². The molecule has 5 nitrogen and oxygen atoms in total. The number of nitrogens with two attached hydrogens (primary N) is 1. The van der Waals surface area contributed by atoms with Gasteiger partial charge in [-0.05, 0) is 35.7 Å². The molecule has 3 rings (SSSR count). The molecule has 112 valence electrons. The van der Waals surface area contributed by atoms with Crippen molar-refractivity contribution in [3.63, 3.8) is 0 Å². The van der Waals surface area contributed by atoms with Crippen molar-refractivity contribution in [2.75, 3.05) is 6.61 Å². The second-order valence-corrected chi connectivity index (χ2v) is 5.49. The number of thiophene rings is 1. The summed E-state index contributed by atoms with van der Waals surface area (Å²) in [5.41, 5.74) is 6.76. The number of aromatic nitrogens is 1. The maximum atomic E-state index is 5.96. The Kier molecular flexibility index (Phi) is 4.50. The third-order valence-corrected chi connectivity index (χ3v) is 3.86. The molecule has 0 amide bonds. The molecule has 0 atom stereocenters. The van der Waals surface area contributed by atoms with Crippen LogP contribution in [0.3, 0.4) is 0 Å². The quantitative estimate of drug-likeness (QED) is 0.559. The van der Waals surface area contributed by atoms with Gasteiger partial charge in [0.05, 0.1) is 23.4 Å². The zero-order chi connectivity index (χ0) is 15.2. The Morgan fingerprint density at radius 2 is 2.09 bits per heavy atom. The molecule has 2 aromatic heterocycles. The molecule has 0 aliphatic heterocycles. The molecule has 0 aliphatic rings. The highest BCUT2D eigenvalue weighted by atomic mass is 32.1. The summed E-state index contributed by atoms with van der Waals surface area (Å²) in [6, 6.07) is 13.2. The number of hydrogen-bond acceptors (Lipinski definition) is 5. The van der Waals surface area contributed by atoms with Gasteiger partial charge in [0.2, 0.25) is 0 Å². The van der Waals surface area contributed by atoms with E-state index < -0.39 is 0 Å². The minimum atomic E-state index is 0.522. The molecule has 0 spiro atoms. The van der Waals surface area contributed by atoms with Crippen LogP contribution in [0, 0.1) is 0 Å². The summed E-state index contributed by atoms with van der Waals surface area (Å²) < 4.78 is 10.7. The minimum Gasteiger partial charge on any atom is -0.493 e. The van der Waals surface area contributed by atoms with Crippen LogP contribution in [-0.2, 0) is 6.42 Å². The number of aliphatic imine (C=N–C) groups is 1. The number of rotatable bonds is 6. The van der Waals surface area contributed by atoms with Crippen molar-refractivity contribution in [2.45, 2.75) is 6.42 Å². The van der Waals surface area contributed by atoms with E-state index in [1.54, 1.807) is 17.5 Å². The predicted molar refractivity (Wildman–Crippen MR) is 86.8 cm³/mol. The minimum absolute atomic E-state index is 0.522. The van der Waals surface area contributed by atoms with Crippen molar-refractivity contribution < 1.29 is 9.26 Å². The Labute approximate surface area is 132 Å². The van der Waals surface area contributed by atoms with E-state index in [9.17, 15) is 0 Å². The fourth-order valence-electron chi connectivity index (χ4n) is 1.88. The maximum absolute atomic E-state index is 5.96. The first-order chi connectivity index (χ1) is 10.8. The topological polar surface area (TPSA) is 73.6 Å². The van der Waals surface area contributed by atoms with Crippen LogP contribution in [0.1, 0.15) is 10.6 Å². The van der Waals surface area contributed by atoms with E-state index >= 15 is 0 Å². The first-order valence-electron chi connectivity index (χ1n) is 6.82. The third-order valence-electron chi connectivity index (χ3n) is 2.97. The zero-order valence-corrected chi connectivity index (χ0v) is 12.6. The van der Waals surface area contributed by atoms with E-state index in [0.29, 0.717) is 18.9 Å². The Hall–Kier alpha value is -2.60. The fourth-order valence-corrected chi connectivity index (χ4v) is 2.50. The summed E-state index contributed by atoms with van der Waals surface area (Å²) in [4.78, 5) is 5.35. The van der Waals surface area contributed by atoms with Crippen LogP contribution in [0.4, 0.5) is 5.69 Å². The summed E-state index contributed by atoms with van der Waals surface area (Å²) in [5, 5.41) is 5.63. The molecule has 0 unspecified atom stereocenters. The highest BCUT2D eigenvalue weighted by Crippen LogP contribution is 2.19. The van der Waals surface area contributed by atoms with Gasteiger partial charge in [-0.25, -0.2) is 4.99 Å². The Bertz CT molecular complexity index is 719. The largest absolute Gasteiger partial charge is 0.493 e. The lowest BCUT2D eigenvalue weighted by Gasteiger charge is -2.05. The normalized spacial score (nSPS) is 11.5. The van der Waals surface area contributed by atoms with Crippen LogP contribution < -0.4 is 10.5 Å². The van der Waals surface area contributed by atoms with Crippen molar-refractivity contribution in [3.8, 4) is 5.75 Å². The standard InChI is InChI=1S/C16H15N3O2S/c17-16(15-2-1-11-22-15)19-12-3-5-13(6-4-12)20-10-8-14-7-9-18-21-14/h1-7,9,11H,8,10H2,(H2,17,19). The fraction of sp³-hybridized carbons (Fsp3) is 0.125.